The van der Waals surface area contributed by atoms with E-state index in [4.69, 9.17) is 3.76 Å². The molecule has 0 rings (SSSR count). The van der Waals surface area contributed by atoms with Gasteiger partial charge in [-0.3, -0.25) is 0 Å². The molecule has 0 aliphatic heterocycles. The molecule has 1 nitrogen and oxygen atoms in total. The molecule has 0 fully saturated rings. The van der Waals surface area contributed by atoms with Crippen molar-refractivity contribution in [2.24, 2.45) is 0 Å². The Morgan fingerprint density at radius 3 is 1.59 bits per heavy atom. The zero-order valence-corrected chi connectivity index (χ0v) is 20.6. The van der Waals surface area contributed by atoms with Crippen molar-refractivity contribution in [1.82, 2.24) is 0 Å². The third-order valence-corrected chi connectivity index (χ3v) is 16.4. The second-order valence-corrected chi connectivity index (χ2v) is 18.6. The van der Waals surface area contributed by atoms with E-state index in [2.05, 4.69) is 41.5 Å². The topological polar surface area (TPSA) is 9.23 Å². The van der Waals surface area contributed by atoms with E-state index in [0.717, 1.165) is 0 Å². The summed E-state index contributed by atoms with van der Waals surface area (Å²) in [6.07, 6.45) is 9.56. The molecule has 0 aromatic carbocycles. The molecule has 0 bridgehead atoms. The van der Waals surface area contributed by atoms with Crippen LogP contribution in [0.4, 0.5) is 0 Å². The third kappa shape index (κ3) is 9.37. The van der Waals surface area contributed by atoms with Gasteiger partial charge in [0.2, 0.25) is 0 Å². The normalized spacial score (nSPS) is 12.5. The average Bonchev–Trinajstić information content (AvgIpc) is 2.57. The molecular weight excluding hydrogens is 389 g/mol. The van der Waals surface area contributed by atoms with Gasteiger partial charge in [0.25, 0.3) is 0 Å². The molecule has 132 valence electrons. The molecule has 3 heteroatoms. The fourth-order valence-electron chi connectivity index (χ4n) is 3.13. The Hall–Kier alpha value is 1.05. The van der Waals surface area contributed by atoms with Crippen molar-refractivity contribution in [2.45, 2.75) is 118 Å². The first-order valence-corrected chi connectivity index (χ1v) is 18.3. The van der Waals surface area contributed by atoms with Crippen LogP contribution in [-0.4, -0.2) is 34.6 Å². The number of unbranched alkanes of at least 4 members (excludes halogenated alkanes) is 2. The summed E-state index contributed by atoms with van der Waals surface area (Å²) in [5.41, 5.74) is 0.248. The molecule has 0 aliphatic carbocycles. The summed E-state index contributed by atoms with van der Waals surface area (Å²) in [7, 11) is 0. The maximum atomic E-state index is 6.79. The molecule has 22 heavy (non-hydrogen) atoms. The summed E-state index contributed by atoms with van der Waals surface area (Å²) in [4.78, 5) is 0. The molecule has 0 unspecified atom stereocenters. The minimum atomic E-state index is -1.22. The van der Waals surface area contributed by atoms with E-state index >= 15 is 0 Å². The predicted molar refractivity (Wildman–Crippen MR) is 106 cm³/mol. The van der Waals surface area contributed by atoms with Crippen LogP contribution in [0.2, 0.25) is 26.3 Å². The van der Waals surface area contributed by atoms with Crippen molar-refractivity contribution in [3.8, 4) is 0 Å². The van der Waals surface area contributed by atoms with Crippen LogP contribution < -0.4 is 0 Å². The fraction of sp³-hybridized carbons (Fsp3) is 1.00. The Kier molecular flexibility index (Phi) is 15.1. The van der Waals surface area contributed by atoms with Crippen molar-refractivity contribution in [1.29, 1.82) is 0 Å². The molecular formula is C19H42Ge2O. The van der Waals surface area contributed by atoms with E-state index in [-0.39, 0.29) is 5.60 Å². The number of hydrogen-bond donors (Lipinski definition) is 0. The number of rotatable bonds is 15. The summed E-state index contributed by atoms with van der Waals surface area (Å²) < 4.78 is 6.79. The molecule has 0 N–H and O–H groups in total. The maximum absolute atomic E-state index is 6.79. The molecule has 0 amide bonds. The van der Waals surface area contributed by atoms with E-state index in [1.54, 1.807) is 15.8 Å². The van der Waals surface area contributed by atoms with E-state index in [0.29, 0.717) is 0 Å². The number of hydrogen-bond acceptors (Lipinski definition) is 1. The van der Waals surface area contributed by atoms with Crippen LogP contribution in [0.1, 0.15) is 86.5 Å². The zero-order valence-electron chi connectivity index (χ0n) is 16.4. The average molecular weight is 432 g/mol. The first kappa shape index (κ1) is 23.0. The van der Waals surface area contributed by atoms with Crippen LogP contribution in [0.25, 0.3) is 0 Å². The summed E-state index contributed by atoms with van der Waals surface area (Å²) in [6, 6.07) is 0. The van der Waals surface area contributed by atoms with Crippen molar-refractivity contribution in [2.75, 3.05) is 0 Å². The van der Waals surface area contributed by atoms with Gasteiger partial charge < -0.3 is 0 Å². The summed E-state index contributed by atoms with van der Waals surface area (Å²) in [5, 5.41) is 7.41. The monoisotopic (exact) mass is 434 g/mol. The van der Waals surface area contributed by atoms with Crippen LogP contribution in [0, 0.1) is 0 Å². The summed E-state index contributed by atoms with van der Waals surface area (Å²) in [5.74, 6) is 0. The zero-order chi connectivity index (χ0) is 16.8. The fourth-order valence-corrected chi connectivity index (χ4v) is 13.7. The second kappa shape index (κ2) is 14.4. The van der Waals surface area contributed by atoms with Crippen LogP contribution in [0.5, 0.6) is 0 Å². The van der Waals surface area contributed by atoms with Gasteiger partial charge in [-0.05, 0) is 0 Å². The molecule has 0 aromatic rings. The molecule has 0 aliphatic rings. The molecule has 0 aromatic heterocycles. The van der Waals surface area contributed by atoms with E-state index in [1.165, 1.54) is 55.5 Å². The van der Waals surface area contributed by atoms with Crippen molar-refractivity contribution in [3.05, 3.63) is 0 Å². The Labute approximate surface area is 150 Å². The van der Waals surface area contributed by atoms with Crippen LogP contribution >= 0.6 is 0 Å². The van der Waals surface area contributed by atoms with Gasteiger partial charge in [0.05, 0.1) is 0 Å². The Morgan fingerprint density at radius 2 is 1.23 bits per heavy atom. The van der Waals surface area contributed by atoms with Gasteiger partial charge in [-0.15, -0.1) is 0 Å². The van der Waals surface area contributed by atoms with Crippen LogP contribution in [0.3, 0.4) is 0 Å². The van der Waals surface area contributed by atoms with E-state index < -0.39 is 29.0 Å². The molecule has 2 radical (unpaired) electrons. The van der Waals surface area contributed by atoms with Crippen LogP contribution in [0.15, 0.2) is 0 Å². The van der Waals surface area contributed by atoms with Gasteiger partial charge in [0.1, 0.15) is 0 Å². The Balaban J connectivity index is 4.60. The second-order valence-electron chi connectivity index (χ2n) is 6.70. The van der Waals surface area contributed by atoms with E-state index in [9.17, 15) is 0 Å². The molecule has 0 heterocycles. The first-order chi connectivity index (χ1) is 10.6. The SMILES string of the molecule is CCC[CH2][Ge]([CH2]CCC)[CH2]CC(CC)(CC)[O][Ge]([CH2]C)[CH2]C. The summed E-state index contributed by atoms with van der Waals surface area (Å²) in [6.45, 7) is 14.1. The van der Waals surface area contributed by atoms with Gasteiger partial charge in [0, 0.05) is 0 Å². The van der Waals surface area contributed by atoms with Gasteiger partial charge in [-0.25, -0.2) is 0 Å². The van der Waals surface area contributed by atoms with E-state index in [1.807, 2.05) is 0 Å². The Bertz CT molecular complexity index is 230. The molecule has 0 saturated heterocycles. The first-order valence-electron chi connectivity index (χ1n) is 9.98. The minimum absolute atomic E-state index is 0.248. The van der Waals surface area contributed by atoms with Crippen molar-refractivity contribution < 1.29 is 3.76 Å². The van der Waals surface area contributed by atoms with Gasteiger partial charge in [-0.1, -0.05) is 0 Å². The quantitative estimate of drug-likeness (QED) is 0.252. The third-order valence-electron chi connectivity index (χ3n) is 5.14. The predicted octanol–water partition coefficient (Wildman–Crippen LogP) is 7.08. The summed E-state index contributed by atoms with van der Waals surface area (Å²) >= 11 is -2.04. The van der Waals surface area contributed by atoms with Gasteiger partial charge in [0.15, 0.2) is 0 Å². The molecule has 0 spiro atoms. The standard InChI is InChI=1S/C19H42Ge2O/c1-7-13-16-20(17-14-8-2)18-15-19(9-3,10-4)22-21(11-5)12-6/h7-18H2,1-6H3. The molecule has 0 atom stereocenters. The van der Waals surface area contributed by atoms with Crippen LogP contribution in [-0.2, 0) is 3.76 Å². The molecule has 0 saturated carbocycles. The van der Waals surface area contributed by atoms with Gasteiger partial charge in [-0.2, -0.15) is 0 Å². The van der Waals surface area contributed by atoms with Crippen molar-refractivity contribution in [3.63, 3.8) is 0 Å². The van der Waals surface area contributed by atoms with Gasteiger partial charge >= 0.3 is 151 Å². The Morgan fingerprint density at radius 1 is 0.727 bits per heavy atom. The van der Waals surface area contributed by atoms with Crippen molar-refractivity contribution >= 4 is 29.0 Å².